The van der Waals surface area contributed by atoms with Crippen molar-refractivity contribution in [3.05, 3.63) is 187 Å². The predicted octanol–water partition coefficient (Wildman–Crippen LogP) is 12.8. The number of nitrogens with zero attached hydrogens (tertiary/aromatic N) is 3. The number of hydrogen-bond acceptors (Lipinski definition) is 3. The molecule has 8 aromatic carbocycles. The summed E-state index contributed by atoms with van der Waals surface area (Å²) in [5, 5.41) is 4.70. The maximum atomic E-state index is 5.19. The van der Waals surface area contributed by atoms with Crippen LogP contribution in [0.2, 0.25) is 0 Å². The number of aromatic nitrogens is 3. The third kappa shape index (κ3) is 5.16. The summed E-state index contributed by atoms with van der Waals surface area (Å²) in [7, 11) is 0. The van der Waals surface area contributed by atoms with Crippen LogP contribution in [0.15, 0.2) is 176 Å². The molecule has 3 heteroatoms. The molecule has 0 atom stereocenters. The Morgan fingerprint density at radius 2 is 0.981 bits per heavy atom. The maximum Gasteiger partial charge on any atom is 0.164 e. The SMILES string of the molecule is CC1(C)c2cccc(-c3cccc(-c4ccccc4)c3)c2-c2ccc3c(-c4nc(-c5ccccc5)nc(-c5ccc6ccccc6c5)n4)cccc3c21. The summed E-state index contributed by atoms with van der Waals surface area (Å²) in [5.74, 6) is 1.99. The van der Waals surface area contributed by atoms with Gasteiger partial charge in [-0.3, -0.25) is 0 Å². The van der Waals surface area contributed by atoms with Crippen molar-refractivity contribution in [2.24, 2.45) is 0 Å². The Labute approximate surface area is 309 Å². The molecule has 53 heavy (non-hydrogen) atoms. The smallest absolute Gasteiger partial charge is 0.164 e. The fourth-order valence-electron chi connectivity index (χ4n) is 8.34. The van der Waals surface area contributed by atoms with Gasteiger partial charge in [0.2, 0.25) is 0 Å². The molecule has 0 fully saturated rings. The zero-order valence-corrected chi connectivity index (χ0v) is 29.6. The van der Waals surface area contributed by atoms with Crippen molar-refractivity contribution >= 4 is 21.5 Å². The summed E-state index contributed by atoms with van der Waals surface area (Å²) in [5.41, 5.74) is 12.9. The van der Waals surface area contributed by atoms with E-state index in [4.69, 9.17) is 15.0 Å². The van der Waals surface area contributed by atoms with E-state index in [0.717, 1.165) is 27.5 Å². The first-order valence-corrected chi connectivity index (χ1v) is 18.2. The first-order valence-electron chi connectivity index (χ1n) is 18.2. The zero-order valence-electron chi connectivity index (χ0n) is 29.6. The van der Waals surface area contributed by atoms with Crippen molar-refractivity contribution in [2.45, 2.75) is 19.3 Å². The van der Waals surface area contributed by atoms with Gasteiger partial charge in [0.15, 0.2) is 17.5 Å². The number of fused-ring (bicyclic) bond motifs is 6. The Kier molecular flexibility index (Phi) is 7.16. The van der Waals surface area contributed by atoms with E-state index in [9.17, 15) is 0 Å². The van der Waals surface area contributed by atoms with Crippen LogP contribution >= 0.6 is 0 Å². The molecule has 10 rings (SSSR count). The maximum absolute atomic E-state index is 5.19. The first-order chi connectivity index (χ1) is 26.0. The molecule has 0 saturated heterocycles. The highest BCUT2D eigenvalue weighted by atomic mass is 15.0. The lowest BCUT2D eigenvalue weighted by Gasteiger charge is -2.24. The Morgan fingerprint density at radius 1 is 0.358 bits per heavy atom. The summed E-state index contributed by atoms with van der Waals surface area (Å²) >= 11 is 0. The van der Waals surface area contributed by atoms with Crippen LogP contribution in [-0.4, -0.2) is 15.0 Å². The molecule has 1 aliphatic carbocycles. The molecule has 0 amide bonds. The molecule has 250 valence electrons. The molecule has 1 aromatic heterocycles. The molecular weight excluding hydrogens is 643 g/mol. The molecule has 0 spiro atoms. The van der Waals surface area contributed by atoms with Gasteiger partial charge >= 0.3 is 0 Å². The summed E-state index contributed by atoms with van der Waals surface area (Å²) < 4.78 is 0. The van der Waals surface area contributed by atoms with E-state index in [0.29, 0.717) is 17.5 Å². The number of rotatable bonds is 5. The second-order valence-electron chi connectivity index (χ2n) is 14.4. The van der Waals surface area contributed by atoms with Crippen molar-refractivity contribution in [1.82, 2.24) is 15.0 Å². The molecule has 0 N–H and O–H groups in total. The van der Waals surface area contributed by atoms with Gasteiger partial charge in [-0.15, -0.1) is 0 Å². The first kappa shape index (κ1) is 31.1. The molecular formula is C50H35N3. The molecule has 1 heterocycles. The van der Waals surface area contributed by atoms with Gasteiger partial charge in [-0.2, -0.15) is 0 Å². The third-order valence-corrected chi connectivity index (χ3v) is 10.9. The summed E-state index contributed by atoms with van der Waals surface area (Å²) in [4.78, 5) is 15.4. The van der Waals surface area contributed by atoms with Gasteiger partial charge in [0.25, 0.3) is 0 Å². The Hall–Kier alpha value is -6.71. The molecule has 3 nitrogen and oxygen atoms in total. The van der Waals surface area contributed by atoms with Crippen LogP contribution < -0.4 is 0 Å². The Morgan fingerprint density at radius 3 is 1.79 bits per heavy atom. The van der Waals surface area contributed by atoms with E-state index >= 15 is 0 Å². The molecule has 0 bridgehead atoms. The minimum absolute atomic E-state index is 0.222. The average molecular weight is 678 g/mol. The van der Waals surface area contributed by atoms with Crippen LogP contribution in [0.3, 0.4) is 0 Å². The van der Waals surface area contributed by atoms with Gasteiger partial charge < -0.3 is 0 Å². The van der Waals surface area contributed by atoms with Gasteiger partial charge in [0.1, 0.15) is 0 Å². The highest BCUT2D eigenvalue weighted by molar-refractivity contribution is 6.06. The average Bonchev–Trinajstić information content (AvgIpc) is 3.47. The van der Waals surface area contributed by atoms with E-state index in [2.05, 4.69) is 172 Å². The highest BCUT2D eigenvalue weighted by Gasteiger charge is 2.38. The lowest BCUT2D eigenvalue weighted by Crippen LogP contribution is -2.15. The topological polar surface area (TPSA) is 38.7 Å². The summed E-state index contributed by atoms with van der Waals surface area (Å²) in [6.07, 6.45) is 0. The van der Waals surface area contributed by atoms with E-state index in [1.54, 1.807) is 0 Å². The predicted molar refractivity (Wildman–Crippen MR) is 220 cm³/mol. The lowest BCUT2D eigenvalue weighted by atomic mass is 9.79. The van der Waals surface area contributed by atoms with Crippen molar-refractivity contribution < 1.29 is 0 Å². The molecule has 0 saturated carbocycles. The monoisotopic (exact) mass is 677 g/mol. The van der Waals surface area contributed by atoms with Crippen LogP contribution in [0.5, 0.6) is 0 Å². The molecule has 0 radical (unpaired) electrons. The second-order valence-corrected chi connectivity index (χ2v) is 14.4. The van der Waals surface area contributed by atoms with Crippen LogP contribution in [0, 0.1) is 0 Å². The molecule has 0 unspecified atom stereocenters. The molecule has 9 aromatic rings. The van der Waals surface area contributed by atoms with Crippen LogP contribution in [0.25, 0.3) is 89.1 Å². The number of benzene rings is 8. The van der Waals surface area contributed by atoms with Gasteiger partial charge in [-0.25, -0.2) is 15.0 Å². The van der Waals surface area contributed by atoms with Gasteiger partial charge in [0.05, 0.1) is 0 Å². The normalized spacial score (nSPS) is 12.9. The van der Waals surface area contributed by atoms with Crippen molar-refractivity contribution in [2.75, 3.05) is 0 Å². The minimum atomic E-state index is -0.222. The standard InChI is InChI=1S/C50H35N3/c1-50(2)44-25-13-22-39(37-21-11-20-36(30-37)32-14-5-3-6-15-32)45(44)43-29-28-40-41(46(43)50)23-12-24-42(40)49-52-47(34-17-7-4-8-18-34)51-48(53-49)38-27-26-33-16-9-10-19-35(33)31-38/h3-31H,1-2H3. The van der Waals surface area contributed by atoms with Gasteiger partial charge in [-0.1, -0.05) is 178 Å². The van der Waals surface area contributed by atoms with Gasteiger partial charge in [-0.05, 0) is 78.2 Å². The molecule has 0 aliphatic heterocycles. The zero-order chi connectivity index (χ0) is 35.5. The van der Waals surface area contributed by atoms with E-state index < -0.39 is 0 Å². The fourth-order valence-corrected chi connectivity index (χ4v) is 8.34. The number of hydrogen-bond donors (Lipinski definition) is 0. The lowest BCUT2D eigenvalue weighted by molar-refractivity contribution is 0.666. The van der Waals surface area contributed by atoms with Crippen molar-refractivity contribution in [3.63, 3.8) is 0 Å². The van der Waals surface area contributed by atoms with E-state index in [1.807, 2.05) is 18.2 Å². The second kappa shape index (κ2) is 12.2. The summed E-state index contributed by atoms with van der Waals surface area (Å²) in [6, 6.07) is 62.6. The molecule has 1 aliphatic rings. The van der Waals surface area contributed by atoms with Crippen LogP contribution in [0.1, 0.15) is 25.0 Å². The largest absolute Gasteiger partial charge is 0.208 e. The van der Waals surface area contributed by atoms with Crippen molar-refractivity contribution in [1.29, 1.82) is 0 Å². The van der Waals surface area contributed by atoms with Gasteiger partial charge in [0, 0.05) is 22.1 Å². The summed E-state index contributed by atoms with van der Waals surface area (Å²) in [6.45, 7) is 4.73. The fraction of sp³-hybridized carbons (Fsp3) is 0.0600. The van der Waals surface area contributed by atoms with E-state index in [-0.39, 0.29) is 5.41 Å². The van der Waals surface area contributed by atoms with Crippen LogP contribution in [0.4, 0.5) is 0 Å². The quantitative estimate of drug-likeness (QED) is 0.182. The third-order valence-electron chi connectivity index (χ3n) is 10.9. The minimum Gasteiger partial charge on any atom is -0.208 e. The van der Waals surface area contributed by atoms with Crippen LogP contribution in [-0.2, 0) is 5.41 Å². The highest BCUT2D eigenvalue weighted by Crippen LogP contribution is 2.55. The Bertz CT molecular complexity index is 2860. The Balaban J connectivity index is 1.15. The van der Waals surface area contributed by atoms with Crippen molar-refractivity contribution in [3.8, 4) is 67.5 Å². The van der Waals surface area contributed by atoms with E-state index in [1.165, 1.54) is 55.3 Å².